The fraction of sp³-hybridized carbons (Fsp3) is 0.529. The predicted molar refractivity (Wildman–Crippen MR) is 87.4 cm³/mol. The van der Waals surface area contributed by atoms with Crippen LogP contribution in [0.2, 0.25) is 18.1 Å². The van der Waals surface area contributed by atoms with Crippen LogP contribution >= 0.6 is 0 Å². The second kappa shape index (κ2) is 6.96. The molecule has 0 bridgehead atoms. The Morgan fingerprint density at radius 1 is 1.25 bits per heavy atom. The quantitative estimate of drug-likeness (QED) is 0.671. The third kappa shape index (κ3) is 4.70. The zero-order valence-corrected chi connectivity index (χ0v) is 14.1. The zero-order chi connectivity index (χ0) is 17.0. The highest BCUT2D eigenvalue weighted by Crippen LogP contribution is 2.38. The molecule has 20 heavy (non-hydrogen) atoms. The standard InChI is InChI=1S/C17H26O2Si/c1-17(2,3)20(4,5)19-16-13-9-8-12-15(16)11-7-6-10-14-18/h8-9,12-13,18H,7,11,14H2,1-5H3/i14D2. The summed E-state index contributed by atoms with van der Waals surface area (Å²) in [5, 5.41) is 9.08. The number of hydrogen-bond acceptors (Lipinski definition) is 2. The Morgan fingerprint density at radius 2 is 1.90 bits per heavy atom. The molecule has 0 spiro atoms. The molecule has 0 unspecified atom stereocenters. The van der Waals surface area contributed by atoms with Gasteiger partial charge in [-0.25, -0.2) is 0 Å². The SMILES string of the molecule is [2H]C([2H])(O)C#CCCc1ccccc1O[Si](C)(C)C(C)(C)C. The first-order valence-electron chi connectivity index (χ1n) is 7.92. The molecule has 2 nitrogen and oxygen atoms in total. The summed E-state index contributed by atoms with van der Waals surface area (Å²) in [7, 11) is -1.89. The molecule has 3 heteroatoms. The summed E-state index contributed by atoms with van der Waals surface area (Å²) in [5.41, 5.74) is 1.07. The molecule has 1 N–H and O–H groups in total. The van der Waals surface area contributed by atoms with Gasteiger partial charge in [-0.3, -0.25) is 0 Å². The van der Waals surface area contributed by atoms with Gasteiger partial charge in [-0.1, -0.05) is 44.9 Å². The van der Waals surface area contributed by atoms with Crippen molar-refractivity contribution in [1.29, 1.82) is 0 Å². The Kier molecular flexibility index (Phi) is 4.78. The minimum atomic E-state index is -2.42. The minimum absolute atomic E-state index is 0.132. The van der Waals surface area contributed by atoms with E-state index in [0.717, 1.165) is 11.3 Å². The molecular formula is C17H26O2Si. The van der Waals surface area contributed by atoms with Gasteiger partial charge in [-0.15, -0.1) is 5.92 Å². The molecule has 0 atom stereocenters. The monoisotopic (exact) mass is 292 g/mol. The van der Waals surface area contributed by atoms with Crippen molar-refractivity contribution in [3.63, 3.8) is 0 Å². The molecule has 1 aromatic rings. The van der Waals surface area contributed by atoms with E-state index in [1.807, 2.05) is 24.3 Å². The van der Waals surface area contributed by atoms with Crippen LogP contribution in [-0.2, 0) is 6.42 Å². The fourth-order valence-corrected chi connectivity index (χ4v) is 2.59. The van der Waals surface area contributed by atoms with Crippen LogP contribution in [0.5, 0.6) is 5.75 Å². The van der Waals surface area contributed by atoms with Crippen LogP contribution in [0, 0.1) is 11.8 Å². The topological polar surface area (TPSA) is 29.5 Å². The van der Waals surface area contributed by atoms with E-state index in [1.165, 1.54) is 0 Å². The predicted octanol–water partition coefficient (Wildman–Crippen LogP) is 4.00. The second-order valence-electron chi connectivity index (χ2n) is 6.38. The third-order valence-electron chi connectivity index (χ3n) is 3.81. The van der Waals surface area contributed by atoms with E-state index < -0.39 is 14.9 Å². The lowest BCUT2D eigenvalue weighted by Crippen LogP contribution is -2.44. The van der Waals surface area contributed by atoms with Gasteiger partial charge in [0.1, 0.15) is 12.3 Å². The maximum absolute atomic E-state index is 8.95. The molecule has 0 heterocycles. The Morgan fingerprint density at radius 3 is 2.50 bits per heavy atom. The number of aliphatic hydroxyl groups is 1. The van der Waals surface area contributed by atoms with Crippen molar-refractivity contribution in [3.8, 4) is 17.6 Å². The third-order valence-corrected chi connectivity index (χ3v) is 8.15. The van der Waals surface area contributed by atoms with Gasteiger partial charge < -0.3 is 9.53 Å². The summed E-state index contributed by atoms with van der Waals surface area (Å²) in [6, 6.07) is 7.92. The molecule has 0 amide bonds. The Labute approximate surface area is 127 Å². The Balaban J connectivity index is 2.84. The molecule has 1 aromatic carbocycles. The molecule has 0 saturated heterocycles. The highest BCUT2D eigenvalue weighted by Gasteiger charge is 2.39. The molecule has 110 valence electrons. The number of hydrogen-bond donors (Lipinski definition) is 1. The van der Waals surface area contributed by atoms with Gasteiger partial charge in [0.05, 0.1) is 2.74 Å². The smallest absolute Gasteiger partial charge is 0.250 e. The fourth-order valence-electron chi connectivity index (χ4n) is 1.54. The van der Waals surface area contributed by atoms with Crippen LogP contribution in [0.1, 0.15) is 35.5 Å². The number of aryl methyl sites for hydroxylation is 1. The van der Waals surface area contributed by atoms with Gasteiger partial charge in [0.2, 0.25) is 8.32 Å². The van der Waals surface area contributed by atoms with Gasteiger partial charge >= 0.3 is 0 Å². The molecule has 0 aliphatic carbocycles. The van der Waals surface area contributed by atoms with E-state index in [4.69, 9.17) is 12.3 Å². The first-order valence-corrected chi connectivity index (χ1v) is 9.82. The summed E-state index contributed by atoms with van der Waals surface area (Å²) in [6.45, 7) is 8.62. The average Bonchev–Trinajstić information content (AvgIpc) is 2.33. The molecule has 0 aliphatic heterocycles. The molecule has 0 aromatic heterocycles. The van der Waals surface area contributed by atoms with Gasteiger partial charge in [0.15, 0.2) is 0 Å². The maximum atomic E-state index is 8.95. The number of benzene rings is 1. The van der Waals surface area contributed by atoms with Crippen molar-refractivity contribution >= 4 is 8.32 Å². The van der Waals surface area contributed by atoms with Crippen LogP contribution in [0.3, 0.4) is 0 Å². The first kappa shape index (κ1) is 13.7. The van der Waals surface area contributed by atoms with E-state index in [0.29, 0.717) is 12.8 Å². The largest absolute Gasteiger partial charge is 0.543 e. The van der Waals surface area contributed by atoms with Crippen molar-refractivity contribution in [2.24, 2.45) is 0 Å². The van der Waals surface area contributed by atoms with E-state index in [9.17, 15) is 0 Å². The Hall–Kier alpha value is -1.24. The highest BCUT2D eigenvalue weighted by molar-refractivity contribution is 6.74. The van der Waals surface area contributed by atoms with E-state index in [2.05, 4.69) is 45.7 Å². The summed E-state index contributed by atoms with van der Waals surface area (Å²) in [5.74, 6) is 5.76. The van der Waals surface area contributed by atoms with Crippen molar-refractivity contribution < 1.29 is 12.3 Å². The maximum Gasteiger partial charge on any atom is 0.250 e. The van der Waals surface area contributed by atoms with Crippen LogP contribution in [0.4, 0.5) is 0 Å². The van der Waals surface area contributed by atoms with Crippen molar-refractivity contribution in [2.45, 2.75) is 51.7 Å². The molecule has 0 saturated carbocycles. The van der Waals surface area contributed by atoms with Gasteiger partial charge in [0, 0.05) is 6.42 Å². The van der Waals surface area contributed by atoms with E-state index in [1.54, 1.807) is 0 Å². The summed E-state index contributed by atoms with van der Waals surface area (Å²) >= 11 is 0. The minimum Gasteiger partial charge on any atom is -0.543 e. The van der Waals surface area contributed by atoms with Crippen molar-refractivity contribution in [2.75, 3.05) is 6.56 Å². The van der Waals surface area contributed by atoms with E-state index >= 15 is 0 Å². The van der Waals surface area contributed by atoms with Gasteiger partial charge in [-0.2, -0.15) is 0 Å². The molecule has 0 fully saturated rings. The van der Waals surface area contributed by atoms with Crippen LogP contribution < -0.4 is 4.43 Å². The Bertz CT molecular complexity index is 560. The average molecular weight is 292 g/mol. The molecule has 1 rings (SSSR count). The van der Waals surface area contributed by atoms with E-state index in [-0.39, 0.29) is 5.04 Å². The number of rotatable bonds is 4. The van der Waals surface area contributed by atoms with Crippen LogP contribution in [0.25, 0.3) is 0 Å². The van der Waals surface area contributed by atoms with Crippen LogP contribution in [-0.4, -0.2) is 20.0 Å². The van der Waals surface area contributed by atoms with Crippen LogP contribution in [0.15, 0.2) is 24.3 Å². The lowest BCUT2D eigenvalue weighted by atomic mass is 10.1. The lowest BCUT2D eigenvalue weighted by molar-refractivity contribution is 0.350. The summed E-state index contributed by atoms with van der Waals surface area (Å²) in [6.07, 6.45) is 1.16. The zero-order valence-electron chi connectivity index (χ0n) is 15.1. The summed E-state index contributed by atoms with van der Waals surface area (Å²) in [4.78, 5) is 0. The lowest BCUT2D eigenvalue weighted by Gasteiger charge is -2.37. The summed E-state index contributed by atoms with van der Waals surface area (Å²) < 4.78 is 20.3. The van der Waals surface area contributed by atoms with Gasteiger partial charge in [-0.05, 0) is 36.2 Å². The molecule has 0 radical (unpaired) electrons. The van der Waals surface area contributed by atoms with Crippen molar-refractivity contribution in [3.05, 3.63) is 29.8 Å². The highest BCUT2D eigenvalue weighted by atomic mass is 28.4. The second-order valence-corrected chi connectivity index (χ2v) is 11.1. The van der Waals surface area contributed by atoms with Crippen molar-refractivity contribution in [1.82, 2.24) is 0 Å². The molecular weight excluding hydrogens is 264 g/mol. The first-order chi connectivity index (χ1) is 9.92. The molecule has 0 aliphatic rings. The normalized spacial score (nSPS) is 13.9. The van der Waals surface area contributed by atoms with Gasteiger partial charge in [0.25, 0.3) is 0 Å². The number of para-hydroxylation sites is 1.